The zero-order valence-corrected chi connectivity index (χ0v) is 16.1. The van der Waals surface area contributed by atoms with Crippen molar-refractivity contribution in [1.29, 1.82) is 5.26 Å². The lowest BCUT2D eigenvalue weighted by Crippen LogP contribution is -2.35. The number of ether oxygens (including phenoxy) is 1. The summed E-state index contributed by atoms with van der Waals surface area (Å²) < 4.78 is 6.20. The van der Waals surface area contributed by atoms with E-state index in [9.17, 15) is 4.79 Å². The monoisotopic (exact) mass is 430 g/mol. The molecule has 0 saturated heterocycles. The number of nitrogen functional groups attached to an aromatic ring is 1. The van der Waals surface area contributed by atoms with Gasteiger partial charge >= 0.3 is 6.09 Å². The van der Waals surface area contributed by atoms with Gasteiger partial charge in [-0.15, -0.1) is 0 Å². The van der Waals surface area contributed by atoms with Gasteiger partial charge in [0, 0.05) is 23.7 Å². The van der Waals surface area contributed by atoms with Crippen LogP contribution in [0.4, 0.5) is 16.2 Å². The summed E-state index contributed by atoms with van der Waals surface area (Å²) in [5.74, 6) is 0. The largest absolute Gasteiger partial charge is 0.444 e. The van der Waals surface area contributed by atoms with Crippen molar-refractivity contribution < 1.29 is 9.53 Å². The molecule has 0 fully saturated rings. The normalized spacial score (nSPS) is 10.8. The van der Waals surface area contributed by atoms with Crippen LogP contribution in [0.3, 0.4) is 0 Å². The molecule has 0 aliphatic rings. The van der Waals surface area contributed by atoms with Crippen molar-refractivity contribution >= 4 is 40.1 Å². The van der Waals surface area contributed by atoms with Crippen molar-refractivity contribution in [1.82, 2.24) is 4.90 Å². The Bertz CT molecular complexity index is 582. The summed E-state index contributed by atoms with van der Waals surface area (Å²) in [5, 5.41) is 12.2. The SMILES string of the molecule is CN(CCCNc1c(N)cc(C#N)cc1I)C(=O)OC(C)(C)C. The van der Waals surface area contributed by atoms with Gasteiger partial charge in [-0.3, -0.25) is 0 Å². The van der Waals surface area contributed by atoms with Crippen molar-refractivity contribution in [3.05, 3.63) is 21.3 Å². The van der Waals surface area contributed by atoms with Crippen LogP contribution in [0.15, 0.2) is 12.1 Å². The van der Waals surface area contributed by atoms with Crippen molar-refractivity contribution in [3.8, 4) is 6.07 Å². The lowest BCUT2D eigenvalue weighted by atomic mass is 10.2. The molecule has 3 N–H and O–H groups in total. The summed E-state index contributed by atoms with van der Waals surface area (Å²) >= 11 is 2.15. The van der Waals surface area contributed by atoms with Crippen molar-refractivity contribution in [3.63, 3.8) is 0 Å². The smallest absolute Gasteiger partial charge is 0.410 e. The summed E-state index contributed by atoms with van der Waals surface area (Å²) in [6, 6.07) is 5.51. The highest BCUT2D eigenvalue weighted by Crippen LogP contribution is 2.26. The molecule has 1 amide bonds. The van der Waals surface area contributed by atoms with Gasteiger partial charge in [-0.25, -0.2) is 4.79 Å². The first-order valence-corrected chi connectivity index (χ1v) is 8.39. The molecule has 0 bridgehead atoms. The number of benzene rings is 1. The Morgan fingerprint density at radius 3 is 2.65 bits per heavy atom. The molecule has 1 aromatic rings. The van der Waals surface area contributed by atoms with E-state index in [0.29, 0.717) is 24.3 Å². The average Bonchev–Trinajstić information content (AvgIpc) is 2.43. The van der Waals surface area contributed by atoms with Gasteiger partial charge in [-0.2, -0.15) is 5.26 Å². The highest BCUT2D eigenvalue weighted by molar-refractivity contribution is 14.1. The number of halogens is 1. The zero-order chi connectivity index (χ0) is 17.6. The van der Waals surface area contributed by atoms with E-state index in [1.165, 1.54) is 0 Å². The topological polar surface area (TPSA) is 91.4 Å². The second-order valence-electron chi connectivity index (χ2n) is 6.22. The number of nitrogens with one attached hydrogen (secondary N) is 1. The van der Waals surface area contributed by atoms with Crippen LogP contribution in [0.5, 0.6) is 0 Å². The fourth-order valence-corrected chi connectivity index (χ4v) is 2.68. The molecular weight excluding hydrogens is 407 g/mol. The first-order chi connectivity index (χ1) is 10.6. The highest BCUT2D eigenvalue weighted by atomic mass is 127. The van der Waals surface area contributed by atoms with Crippen LogP contribution < -0.4 is 11.1 Å². The minimum atomic E-state index is -0.489. The lowest BCUT2D eigenvalue weighted by molar-refractivity contribution is 0.0298. The molecule has 0 unspecified atom stereocenters. The van der Waals surface area contributed by atoms with E-state index in [1.807, 2.05) is 20.8 Å². The number of anilines is 2. The van der Waals surface area contributed by atoms with Crippen molar-refractivity contribution in [2.75, 3.05) is 31.2 Å². The molecule has 0 spiro atoms. The van der Waals surface area contributed by atoms with Crippen LogP contribution in [-0.4, -0.2) is 36.7 Å². The van der Waals surface area contributed by atoms with Crippen LogP contribution in [-0.2, 0) is 4.74 Å². The van der Waals surface area contributed by atoms with Gasteiger partial charge in [0.05, 0.1) is 23.0 Å². The van der Waals surface area contributed by atoms with E-state index < -0.39 is 5.60 Å². The van der Waals surface area contributed by atoms with E-state index >= 15 is 0 Å². The summed E-state index contributed by atoms with van der Waals surface area (Å²) in [6.45, 7) is 6.77. The van der Waals surface area contributed by atoms with Gasteiger partial charge in [0.15, 0.2) is 0 Å². The molecule has 7 heteroatoms. The number of amides is 1. The number of hydrogen-bond acceptors (Lipinski definition) is 5. The first-order valence-electron chi connectivity index (χ1n) is 7.31. The third kappa shape index (κ3) is 6.52. The number of rotatable bonds is 5. The van der Waals surface area contributed by atoms with Crippen LogP contribution >= 0.6 is 22.6 Å². The zero-order valence-electron chi connectivity index (χ0n) is 13.9. The Labute approximate surface area is 151 Å². The average molecular weight is 430 g/mol. The molecule has 0 aromatic heterocycles. The predicted octanol–water partition coefficient (Wildman–Crippen LogP) is 3.41. The van der Waals surface area contributed by atoms with E-state index in [-0.39, 0.29) is 6.09 Å². The Morgan fingerprint density at radius 1 is 1.48 bits per heavy atom. The van der Waals surface area contributed by atoms with Gasteiger partial charge < -0.3 is 20.7 Å². The molecule has 0 aliphatic heterocycles. The van der Waals surface area contributed by atoms with Gasteiger partial charge in [0.25, 0.3) is 0 Å². The molecule has 0 aliphatic carbocycles. The molecule has 0 saturated carbocycles. The maximum atomic E-state index is 11.8. The van der Waals surface area contributed by atoms with E-state index in [0.717, 1.165) is 15.7 Å². The van der Waals surface area contributed by atoms with Crippen molar-refractivity contribution in [2.24, 2.45) is 0 Å². The number of nitriles is 1. The Morgan fingerprint density at radius 2 is 2.13 bits per heavy atom. The number of carbonyl (C=O) groups is 1. The maximum Gasteiger partial charge on any atom is 0.410 e. The molecule has 1 rings (SSSR count). The standard InChI is InChI=1S/C16H23IN4O2/c1-16(2,3)23-15(22)21(4)7-5-6-20-14-12(17)8-11(10-18)9-13(14)19/h8-9,20H,5-7,19H2,1-4H3. The van der Waals surface area contributed by atoms with Crippen molar-refractivity contribution in [2.45, 2.75) is 32.8 Å². The van der Waals surface area contributed by atoms with Gasteiger partial charge in [0.1, 0.15) is 5.60 Å². The van der Waals surface area contributed by atoms with Crippen LogP contribution in [0.25, 0.3) is 0 Å². The van der Waals surface area contributed by atoms with E-state index in [1.54, 1.807) is 24.1 Å². The fraction of sp³-hybridized carbons (Fsp3) is 0.500. The van der Waals surface area contributed by atoms with Gasteiger partial charge in [-0.1, -0.05) is 0 Å². The molecule has 0 radical (unpaired) electrons. The third-order valence-corrected chi connectivity index (χ3v) is 3.78. The Hall–Kier alpha value is -1.69. The van der Waals surface area contributed by atoms with E-state index in [4.69, 9.17) is 15.7 Å². The van der Waals surface area contributed by atoms with E-state index in [2.05, 4.69) is 34.0 Å². The first kappa shape index (κ1) is 19.4. The minimum absolute atomic E-state index is 0.329. The second-order valence-corrected chi connectivity index (χ2v) is 7.38. The van der Waals surface area contributed by atoms with Gasteiger partial charge in [-0.05, 0) is 61.9 Å². The van der Waals surface area contributed by atoms with Crippen LogP contribution in [0.1, 0.15) is 32.8 Å². The highest BCUT2D eigenvalue weighted by Gasteiger charge is 2.19. The predicted molar refractivity (Wildman–Crippen MR) is 100 cm³/mol. The molecule has 0 atom stereocenters. The lowest BCUT2D eigenvalue weighted by Gasteiger charge is -2.24. The maximum absolute atomic E-state index is 11.8. The number of hydrogen-bond donors (Lipinski definition) is 2. The quantitative estimate of drug-likeness (QED) is 0.425. The summed E-state index contributed by atoms with van der Waals surface area (Å²) in [7, 11) is 1.72. The Kier molecular flexibility index (Phi) is 6.94. The van der Waals surface area contributed by atoms with Crippen LogP contribution in [0, 0.1) is 14.9 Å². The summed E-state index contributed by atoms with van der Waals surface area (Å²) in [4.78, 5) is 13.4. The molecule has 0 heterocycles. The number of carbonyl (C=O) groups excluding carboxylic acids is 1. The number of nitrogens with two attached hydrogens (primary N) is 1. The third-order valence-electron chi connectivity index (χ3n) is 2.93. The van der Waals surface area contributed by atoms with Gasteiger partial charge in [0.2, 0.25) is 0 Å². The molecular formula is C16H23IN4O2. The molecule has 23 heavy (non-hydrogen) atoms. The summed E-state index contributed by atoms with van der Waals surface area (Å²) in [6.07, 6.45) is 0.426. The minimum Gasteiger partial charge on any atom is -0.444 e. The molecule has 1 aromatic carbocycles. The second kappa shape index (κ2) is 8.24. The van der Waals surface area contributed by atoms with Crippen LogP contribution in [0.2, 0.25) is 0 Å². The number of nitrogens with zero attached hydrogens (tertiary/aromatic N) is 2. The molecule has 126 valence electrons. The Balaban J connectivity index is 2.47. The fourth-order valence-electron chi connectivity index (χ4n) is 1.84. The summed E-state index contributed by atoms with van der Waals surface area (Å²) in [5.41, 5.74) is 7.38. The molecule has 6 nitrogen and oxygen atoms in total.